The van der Waals surface area contributed by atoms with E-state index in [1.165, 1.54) is 0 Å². The van der Waals surface area contributed by atoms with Gasteiger partial charge in [-0.15, -0.1) is 0 Å². The summed E-state index contributed by atoms with van der Waals surface area (Å²) in [6, 6.07) is 0. The van der Waals surface area contributed by atoms with Crippen LogP contribution in [0.2, 0.25) is 0 Å². The largest absolute Gasteiger partial charge is 0.762 e. The van der Waals surface area contributed by atoms with Crippen LogP contribution in [0.1, 0.15) is 0 Å². The van der Waals surface area contributed by atoms with Crippen molar-refractivity contribution in [3.63, 3.8) is 0 Å². The Bertz CT molecular complexity index is 157. The molecule has 0 aliphatic rings. The number of halogens is 11. The van der Waals surface area contributed by atoms with Crippen LogP contribution in [0.15, 0.2) is 0 Å². The Morgan fingerprint density at radius 2 is 0.933 bits per heavy atom. The maximum atomic E-state index is 11.2. The zero-order valence-corrected chi connectivity index (χ0v) is 6.31. The third kappa shape index (κ3) is 5.72. The zero-order chi connectivity index (χ0) is 13.1. The van der Waals surface area contributed by atoms with Crippen LogP contribution in [-0.2, 0) is 0 Å². The summed E-state index contributed by atoms with van der Waals surface area (Å²) in [7, 11) is -3.67. The van der Waals surface area contributed by atoms with Crippen LogP contribution in [0.4, 0.5) is 47.8 Å². The standard InChI is InChI=1S/C2BF8.BF3/c4-1(5,2(6,7)8)3(9,10)11;2-1(3)4/q-1;. The van der Waals surface area contributed by atoms with Gasteiger partial charge in [0.25, 0.3) is 0 Å². The molecule has 13 heteroatoms. The van der Waals surface area contributed by atoms with Crippen LogP contribution in [0.5, 0.6) is 0 Å². The van der Waals surface area contributed by atoms with Crippen LogP contribution < -0.4 is 0 Å². The summed E-state index contributed by atoms with van der Waals surface area (Å²) in [5, 5.41) is 0. The molecule has 0 aromatic rings. The molecule has 0 amide bonds. The Morgan fingerprint density at radius 1 is 0.733 bits per heavy atom. The van der Waals surface area contributed by atoms with Gasteiger partial charge in [-0.3, -0.25) is 12.9 Å². The molecule has 0 bridgehead atoms. The number of hydrogen-bond donors (Lipinski definition) is 0. The van der Waals surface area contributed by atoms with Crippen molar-refractivity contribution in [3.05, 3.63) is 0 Å². The molecular weight excluding hydrogens is 255 g/mol. The van der Waals surface area contributed by atoms with Gasteiger partial charge in [0.1, 0.15) is 0 Å². The molecule has 0 aromatic heterocycles. The van der Waals surface area contributed by atoms with Crippen molar-refractivity contribution in [2.24, 2.45) is 0 Å². The lowest BCUT2D eigenvalue weighted by Gasteiger charge is -2.28. The van der Waals surface area contributed by atoms with Crippen molar-refractivity contribution in [2.45, 2.75) is 12.0 Å². The molecule has 0 radical (unpaired) electrons. The van der Waals surface area contributed by atoms with Gasteiger partial charge >= 0.3 is 26.5 Å². The van der Waals surface area contributed by atoms with Crippen LogP contribution >= 0.6 is 0 Å². The fourth-order valence-corrected chi connectivity index (χ4v) is 0.186. The van der Waals surface area contributed by atoms with Gasteiger partial charge in [-0.05, 0) is 0 Å². The second kappa shape index (κ2) is 4.92. The molecule has 92 valence electrons. The first-order chi connectivity index (χ1) is 6.23. The lowest BCUT2D eigenvalue weighted by molar-refractivity contribution is -0.256. The maximum Gasteiger partial charge on any atom is 0.762 e. The van der Waals surface area contributed by atoms with E-state index < -0.39 is 26.5 Å². The number of alkyl halides is 5. The first-order valence-electron chi connectivity index (χ1n) is 2.79. The van der Waals surface area contributed by atoms with Crippen LogP contribution in [0.25, 0.3) is 0 Å². The van der Waals surface area contributed by atoms with E-state index in [-0.39, 0.29) is 0 Å². The van der Waals surface area contributed by atoms with Crippen LogP contribution in [0.3, 0.4) is 0 Å². The molecule has 0 fully saturated rings. The van der Waals surface area contributed by atoms with Gasteiger partial charge in [0.05, 0.1) is 0 Å². The van der Waals surface area contributed by atoms with Crippen LogP contribution in [0, 0.1) is 0 Å². The fourth-order valence-electron chi connectivity index (χ4n) is 0.186. The molecule has 0 atom stereocenters. The van der Waals surface area contributed by atoms with Gasteiger partial charge in [0.15, 0.2) is 0 Å². The smallest absolute Gasteiger partial charge is 0.445 e. The quantitative estimate of drug-likeness (QED) is 0.497. The first-order valence-corrected chi connectivity index (χ1v) is 2.79. The van der Waals surface area contributed by atoms with Crippen molar-refractivity contribution >= 4 is 14.5 Å². The minimum absolute atomic E-state index is 3.67. The SMILES string of the molecule is FB(F)F.F[B-](F)(F)C(F)(F)C(F)(F)F. The summed E-state index contributed by atoms with van der Waals surface area (Å²) >= 11 is 0. The molecule has 0 heterocycles. The van der Waals surface area contributed by atoms with Crippen LogP contribution in [-0.4, -0.2) is 26.5 Å². The summed E-state index contributed by atoms with van der Waals surface area (Å²) in [5.41, 5.74) is 0. The molecule has 0 saturated carbocycles. The molecule has 0 spiro atoms. The third-order valence-electron chi connectivity index (χ3n) is 0.789. The van der Waals surface area contributed by atoms with E-state index in [1.54, 1.807) is 0 Å². The van der Waals surface area contributed by atoms with Crippen molar-refractivity contribution in [3.8, 4) is 0 Å². The van der Waals surface area contributed by atoms with Gasteiger partial charge < -0.3 is 12.9 Å². The third-order valence-corrected chi connectivity index (χ3v) is 0.789. The summed E-state index contributed by atoms with van der Waals surface area (Å²) in [4.78, 5) is 0. The topological polar surface area (TPSA) is 0 Å². The molecule has 0 rings (SSSR count). The highest BCUT2D eigenvalue weighted by Gasteiger charge is 2.69. The molecule has 0 unspecified atom stereocenters. The van der Waals surface area contributed by atoms with E-state index in [9.17, 15) is 47.8 Å². The second-order valence-electron chi connectivity index (χ2n) is 1.94. The lowest BCUT2D eigenvalue weighted by Crippen LogP contribution is -2.53. The van der Waals surface area contributed by atoms with E-state index in [0.29, 0.717) is 0 Å². The Labute approximate surface area is 75.7 Å². The predicted molar refractivity (Wildman–Crippen MR) is 29.2 cm³/mol. The molecular formula is C2B2F11-. The minimum atomic E-state index is -7.21. The van der Waals surface area contributed by atoms with Gasteiger partial charge in [-0.2, -0.15) is 13.2 Å². The highest BCUT2D eigenvalue weighted by atomic mass is 19.4. The summed E-state index contributed by atoms with van der Waals surface area (Å²) in [5.74, 6) is -6.56. The fraction of sp³-hybridized carbons (Fsp3) is 1.00. The summed E-state index contributed by atoms with van der Waals surface area (Å²) in [6.45, 7) is -7.21. The minimum Gasteiger partial charge on any atom is -0.445 e. The summed E-state index contributed by atoms with van der Waals surface area (Å²) < 4.78 is 117. The molecule has 0 aliphatic heterocycles. The Kier molecular flexibility index (Phi) is 5.51. The predicted octanol–water partition coefficient (Wildman–Crippen LogP) is 3.45. The van der Waals surface area contributed by atoms with E-state index in [4.69, 9.17) is 0 Å². The highest BCUT2D eigenvalue weighted by molar-refractivity contribution is 6.61. The van der Waals surface area contributed by atoms with E-state index in [2.05, 4.69) is 0 Å². The van der Waals surface area contributed by atoms with Crippen molar-refractivity contribution in [1.82, 2.24) is 0 Å². The molecule has 0 aliphatic carbocycles. The van der Waals surface area contributed by atoms with Gasteiger partial charge in [-0.1, -0.05) is 0 Å². The van der Waals surface area contributed by atoms with E-state index in [0.717, 1.165) is 0 Å². The molecule has 0 saturated heterocycles. The Hall–Kier alpha value is -0.640. The summed E-state index contributed by atoms with van der Waals surface area (Å²) in [6.07, 6.45) is -6.55. The molecule has 0 N–H and O–H groups in total. The second-order valence-corrected chi connectivity index (χ2v) is 1.94. The van der Waals surface area contributed by atoms with Gasteiger partial charge in [0.2, 0.25) is 0 Å². The average Bonchev–Trinajstić information content (AvgIpc) is 1.79. The average molecular weight is 255 g/mol. The monoisotopic (exact) mass is 255 g/mol. The Morgan fingerprint density at radius 3 is 0.933 bits per heavy atom. The van der Waals surface area contributed by atoms with E-state index in [1.807, 2.05) is 0 Å². The van der Waals surface area contributed by atoms with Gasteiger partial charge in [-0.25, -0.2) is 8.78 Å². The normalized spacial score (nSPS) is 13.0. The van der Waals surface area contributed by atoms with Gasteiger partial charge in [0, 0.05) is 0 Å². The zero-order valence-electron chi connectivity index (χ0n) is 6.31. The molecule has 0 aromatic carbocycles. The number of rotatable bonds is 1. The first kappa shape index (κ1) is 16.8. The molecule has 15 heavy (non-hydrogen) atoms. The maximum absolute atomic E-state index is 11.2. The van der Waals surface area contributed by atoms with Crippen molar-refractivity contribution in [2.75, 3.05) is 0 Å². The number of hydrogen-bond acceptors (Lipinski definition) is 0. The van der Waals surface area contributed by atoms with Crippen molar-refractivity contribution in [1.29, 1.82) is 0 Å². The molecule has 0 nitrogen and oxygen atoms in total. The Balaban J connectivity index is 0. The van der Waals surface area contributed by atoms with E-state index >= 15 is 0 Å². The van der Waals surface area contributed by atoms with Crippen molar-refractivity contribution < 1.29 is 47.8 Å². The highest BCUT2D eigenvalue weighted by Crippen LogP contribution is 2.43. The lowest BCUT2D eigenvalue weighted by atomic mass is 9.80.